The highest BCUT2D eigenvalue weighted by Gasteiger charge is 2.05. The van der Waals surface area contributed by atoms with Gasteiger partial charge < -0.3 is 25.2 Å². The Labute approximate surface area is 171 Å². The molecule has 0 saturated heterocycles. The summed E-state index contributed by atoms with van der Waals surface area (Å²) >= 11 is 0. The molecule has 2 rings (SSSR count). The summed E-state index contributed by atoms with van der Waals surface area (Å²) in [7, 11) is 3.31. The third-order valence-corrected chi connectivity index (χ3v) is 3.58. The maximum absolute atomic E-state index is 9.90. The van der Waals surface area contributed by atoms with Crippen LogP contribution in [0.2, 0.25) is 0 Å². The highest BCUT2D eigenvalue weighted by atomic mass is 127. The van der Waals surface area contributed by atoms with Gasteiger partial charge in [-0.3, -0.25) is 4.99 Å². The van der Waals surface area contributed by atoms with Crippen LogP contribution in [0.4, 0.5) is 0 Å². The van der Waals surface area contributed by atoms with Gasteiger partial charge >= 0.3 is 0 Å². The lowest BCUT2D eigenvalue weighted by molar-refractivity contribution is 0.311. The van der Waals surface area contributed by atoms with Gasteiger partial charge in [0.25, 0.3) is 0 Å². The largest absolute Gasteiger partial charge is 0.508 e. The van der Waals surface area contributed by atoms with Crippen molar-refractivity contribution in [3.8, 4) is 17.2 Å². The number of para-hydroxylation sites is 1. The Balaban J connectivity index is 0.00000338. The number of rotatable bonds is 8. The second-order valence-electron chi connectivity index (χ2n) is 5.36. The van der Waals surface area contributed by atoms with E-state index < -0.39 is 0 Å². The van der Waals surface area contributed by atoms with Gasteiger partial charge in [0.2, 0.25) is 0 Å². The van der Waals surface area contributed by atoms with Crippen LogP contribution >= 0.6 is 24.0 Å². The molecule has 142 valence electrons. The van der Waals surface area contributed by atoms with E-state index in [1.54, 1.807) is 32.4 Å². The zero-order valence-corrected chi connectivity index (χ0v) is 17.4. The van der Waals surface area contributed by atoms with Crippen LogP contribution in [0.25, 0.3) is 0 Å². The van der Waals surface area contributed by atoms with Crippen LogP contribution in [0.5, 0.6) is 17.2 Å². The third kappa shape index (κ3) is 7.38. The number of aromatic hydroxyl groups is 1. The van der Waals surface area contributed by atoms with Gasteiger partial charge in [-0.05, 0) is 36.8 Å². The summed E-state index contributed by atoms with van der Waals surface area (Å²) < 4.78 is 10.8. The number of halogens is 1. The van der Waals surface area contributed by atoms with Crippen LogP contribution in [0.15, 0.2) is 53.5 Å². The molecule has 0 aliphatic heterocycles. The summed E-state index contributed by atoms with van der Waals surface area (Å²) in [6, 6.07) is 14.9. The number of hydrogen-bond donors (Lipinski definition) is 3. The number of phenols is 1. The van der Waals surface area contributed by atoms with E-state index in [0.29, 0.717) is 24.9 Å². The van der Waals surface area contributed by atoms with Gasteiger partial charge in [-0.15, -0.1) is 24.0 Å². The summed E-state index contributed by atoms with van der Waals surface area (Å²) in [5.41, 5.74) is 0.745. The SMILES string of the molecule is CN=C(NCCCOc1ccccc1)NCc1cc(OC)ccc1O.I. The minimum absolute atomic E-state index is 0. The lowest BCUT2D eigenvalue weighted by atomic mass is 10.2. The number of nitrogens with zero attached hydrogens (tertiary/aromatic N) is 1. The molecule has 2 aromatic rings. The first-order valence-electron chi connectivity index (χ1n) is 8.21. The van der Waals surface area contributed by atoms with Crippen molar-refractivity contribution in [1.29, 1.82) is 0 Å². The van der Waals surface area contributed by atoms with Gasteiger partial charge in [0, 0.05) is 25.7 Å². The first-order chi connectivity index (χ1) is 12.2. The zero-order valence-electron chi connectivity index (χ0n) is 15.1. The molecule has 26 heavy (non-hydrogen) atoms. The minimum atomic E-state index is 0. The number of ether oxygens (including phenoxy) is 2. The van der Waals surface area contributed by atoms with Crippen LogP contribution in [0.3, 0.4) is 0 Å². The zero-order chi connectivity index (χ0) is 17.9. The quantitative estimate of drug-likeness (QED) is 0.239. The van der Waals surface area contributed by atoms with Gasteiger partial charge in [0.15, 0.2) is 5.96 Å². The van der Waals surface area contributed by atoms with Crippen LogP contribution in [0, 0.1) is 0 Å². The number of aliphatic imine (C=N–C) groups is 1. The molecule has 0 amide bonds. The first-order valence-corrected chi connectivity index (χ1v) is 8.21. The van der Waals surface area contributed by atoms with Crippen molar-refractivity contribution < 1.29 is 14.6 Å². The topological polar surface area (TPSA) is 75.1 Å². The average Bonchev–Trinajstić information content (AvgIpc) is 2.66. The number of methoxy groups -OCH3 is 1. The number of nitrogens with one attached hydrogen (secondary N) is 2. The molecule has 0 unspecified atom stereocenters. The normalized spacial score (nSPS) is 10.6. The summed E-state index contributed by atoms with van der Waals surface area (Å²) in [5.74, 6) is 2.47. The van der Waals surface area contributed by atoms with E-state index in [2.05, 4.69) is 15.6 Å². The first kappa shape index (κ1) is 21.9. The van der Waals surface area contributed by atoms with Gasteiger partial charge in [0.05, 0.1) is 13.7 Å². The molecule has 0 spiro atoms. The number of phenolic OH excluding ortho intramolecular Hbond substituents is 1. The molecule has 0 saturated carbocycles. The number of hydrogen-bond acceptors (Lipinski definition) is 4. The Bertz CT molecular complexity index is 681. The molecule has 0 aromatic heterocycles. The van der Waals surface area contributed by atoms with Crippen molar-refractivity contribution in [3.63, 3.8) is 0 Å². The van der Waals surface area contributed by atoms with Gasteiger partial charge in [-0.25, -0.2) is 0 Å². The fourth-order valence-electron chi connectivity index (χ4n) is 2.22. The molecular formula is C19H26IN3O3. The van der Waals surface area contributed by atoms with Crippen LogP contribution in [-0.4, -0.2) is 38.4 Å². The highest BCUT2D eigenvalue weighted by molar-refractivity contribution is 14.0. The Morgan fingerprint density at radius 2 is 1.85 bits per heavy atom. The van der Waals surface area contributed by atoms with Crippen molar-refractivity contribution in [2.24, 2.45) is 4.99 Å². The summed E-state index contributed by atoms with van der Waals surface area (Å²) in [6.07, 6.45) is 0.847. The molecule has 0 fully saturated rings. The van der Waals surface area contributed by atoms with Crippen molar-refractivity contribution in [3.05, 3.63) is 54.1 Å². The monoisotopic (exact) mass is 471 g/mol. The lowest BCUT2D eigenvalue weighted by Crippen LogP contribution is -2.37. The standard InChI is InChI=1S/C19H25N3O3.HI/c1-20-19(21-11-6-12-25-16-7-4-3-5-8-16)22-14-15-13-17(24-2)9-10-18(15)23;/h3-5,7-10,13,23H,6,11-12,14H2,1-2H3,(H2,20,21,22);1H. The maximum Gasteiger partial charge on any atom is 0.191 e. The molecule has 0 atom stereocenters. The van der Waals surface area contributed by atoms with Crippen molar-refractivity contribution in [2.45, 2.75) is 13.0 Å². The van der Waals surface area contributed by atoms with E-state index in [4.69, 9.17) is 9.47 Å². The van der Waals surface area contributed by atoms with E-state index in [1.165, 1.54) is 0 Å². The van der Waals surface area contributed by atoms with E-state index in [-0.39, 0.29) is 29.7 Å². The predicted molar refractivity (Wildman–Crippen MR) is 115 cm³/mol. The van der Waals surface area contributed by atoms with E-state index in [9.17, 15) is 5.11 Å². The molecule has 2 aromatic carbocycles. The predicted octanol–water partition coefficient (Wildman–Crippen LogP) is 3.15. The van der Waals surface area contributed by atoms with E-state index in [1.807, 2.05) is 30.3 Å². The fraction of sp³-hybridized carbons (Fsp3) is 0.316. The summed E-state index contributed by atoms with van der Waals surface area (Å²) in [6.45, 7) is 1.81. The second-order valence-corrected chi connectivity index (χ2v) is 5.36. The van der Waals surface area contributed by atoms with Gasteiger partial charge in [0.1, 0.15) is 17.2 Å². The van der Waals surface area contributed by atoms with Gasteiger partial charge in [-0.2, -0.15) is 0 Å². The average molecular weight is 471 g/mol. The number of guanidine groups is 1. The fourth-order valence-corrected chi connectivity index (χ4v) is 2.22. The Hall–Kier alpha value is -2.16. The molecule has 3 N–H and O–H groups in total. The van der Waals surface area contributed by atoms with E-state index >= 15 is 0 Å². The van der Waals surface area contributed by atoms with Crippen molar-refractivity contribution in [2.75, 3.05) is 27.3 Å². The lowest BCUT2D eigenvalue weighted by Gasteiger charge is -2.13. The Kier molecular flexibility index (Phi) is 10.3. The maximum atomic E-state index is 9.90. The molecule has 0 aliphatic carbocycles. The Morgan fingerprint density at radius 1 is 1.08 bits per heavy atom. The molecule has 0 bridgehead atoms. The minimum Gasteiger partial charge on any atom is -0.508 e. The molecule has 7 heteroatoms. The van der Waals surface area contributed by atoms with Crippen LogP contribution in [0.1, 0.15) is 12.0 Å². The summed E-state index contributed by atoms with van der Waals surface area (Å²) in [5, 5.41) is 16.3. The van der Waals surface area contributed by atoms with Gasteiger partial charge in [-0.1, -0.05) is 18.2 Å². The van der Waals surface area contributed by atoms with Crippen molar-refractivity contribution >= 4 is 29.9 Å². The van der Waals surface area contributed by atoms with Crippen molar-refractivity contribution in [1.82, 2.24) is 10.6 Å². The van der Waals surface area contributed by atoms with Crippen LogP contribution in [-0.2, 0) is 6.54 Å². The molecule has 6 nitrogen and oxygen atoms in total. The molecule has 0 aliphatic rings. The number of benzene rings is 2. The summed E-state index contributed by atoms with van der Waals surface area (Å²) in [4.78, 5) is 4.17. The van der Waals surface area contributed by atoms with Crippen LogP contribution < -0.4 is 20.1 Å². The van der Waals surface area contributed by atoms with E-state index in [0.717, 1.165) is 24.3 Å². The highest BCUT2D eigenvalue weighted by Crippen LogP contribution is 2.22. The second kappa shape index (κ2) is 12.2. The molecule has 0 heterocycles. The smallest absolute Gasteiger partial charge is 0.191 e. The molecular weight excluding hydrogens is 445 g/mol. The Morgan fingerprint density at radius 3 is 2.54 bits per heavy atom. The molecule has 0 radical (unpaired) electrons. The third-order valence-electron chi connectivity index (χ3n) is 3.58.